The van der Waals surface area contributed by atoms with Crippen molar-refractivity contribution in [1.29, 1.82) is 0 Å². The van der Waals surface area contributed by atoms with Crippen LogP contribution in [0.2, 0.25) is 0 Å². The van der Waals surface area contributed by atoms with Crippen LogP contribution in [-0.4, -0.2) is 6.61 Å². The van der Waals surface area contributed by atoms with E-state index in [0.29, 0.717) is 0 Å². The van der Waals surface area contributed by atoms with E-state index in [4.69, 9.17) is 10.5 Å². The number of rotatable bonds is 4. The van der Waals surface area contributed by atoms with Crippen LogP contribution < -0.4 is 10.5 Å². The molecule has 2 nitrogen and oxygen atoms in total. The van der Waals surface area contributed by atoms with Crippen LogP contribution in [0.4, 0.5) is 5.00 Å². The van der Waals surface area contributed by atoms with E-state index in [9.17, 15) is 0 Å². The summed E-state index contributed by atoms with van der Waals surface area (Å²) in [4.78, 5) is 0. The number of nitrogens with two attached hydrogens (primary N) is 1. The number of nitrogen functional groups attached to an aromatic ring is 1. The number of thiophene rings is 1. The van der Waals surface area contributed by atoms with Crippen LogP contribution in [0.15, 0.2) is 35.7 Å². The standard InChI is InChI=1S/C13H15NOS/c1-2-7-15-12-5-3-10(4-6-12)11-8-13(14)16-9-11/h3-6,8-9H,2,7,14H2,1H3. The van der Waals surface area contributed by atoms with Gasteiger partial charge in [0.05, 0.1) is 11.6 Å². The van der Waals surface area contributed by atoms with Crippen molar-refractivity contribution >= 4 is 16.3 Å². The molecule has 1 heterocycles. The van der Waals surface area contributed by atoms with E-state index in [1.807, 2.05) is 18.2 Å². The van der Waals surface area contributed by atoms with Crippen molar-refractivity contribution in [2.45, 2.75) is 13.3 Å². The molecular formula is C13H15NOS. The van der Waals surface area contributed by atoms with Gasteiger partial charge in [0.25, 0.3) is 0 Å². The highest BCUT2D eigenvalue weighted by atomic mass is 32.1. The first-order valence-corrected chi connectivity index (χ1v) is 6.25. The highest BCUT2D eigenvalue weighted by Gasteiger charge is 2.00. The van der Waals surface area contributed by atoms with Crippen LogP contribution in [0.3, 0.4) is 0 Å². The maximum absolute atomic E-state index is 5.71. The fourth-order valence-electron chi connectivity index (χ4n) is 1.47. The van der Waals surface area contributed by atoms with Crippen molar-refractivity contribution in [2.75, 3.05) is 12.3 Å². The summed E-state index contributed by atoms with van der Waals surface area (Å²) >= 11 is 1.56. The predicted molar refractivity (Wildman–Crippen MR) is 70.0 cm³/mol. The summed E-state index contributed by atoms with van der Waals surface area (Å²) in [5.74, 6) is 0.925. The average molecular weight is 233 g/mol. The molecule has 84 valence electrons. The van der Waals surface area contributed by atoms with Crippen LogP contribution in [0, 0.1) is 0 Å². The molecule has 0 aliphatic rings. The molecule has 0 aliphatic heterocycles. The first kappa shape index (κ1) is 11.0. The summed E-state index contributed by atoms with van der Waals surface area (Å²) in [6, 6.07) is 10.1. The first-order chi connectivity index (χ1) is 7.79. The van der Waals surface area contributed by atoms with Crippen LogP contribution in [0.1, 0.15) is 13.3 Å². The number of ether oxygens (including phenoxy) is 1. The molecule has 3 heteroatoms. The molecule has 0 fully saturated rings. The van der Waals surface area contributed by atoms with Gasteiger partial charge in [-0.25, -0.2) is 0 Å². The Morgan fingerprint density at radius 3 is 2.50 bits per heavy atom. The second-order valence-electron chi connectivity index (χ2n) is 3.61. The monoisotopic (exact) mass is 233 g/mol. The smallest absolute Gasteiger partial charge is 0.119 e. The molecule has 1 aromatic carbocycles. The number of hydrogen-bond acceptors (Lipinski definition) is 3. The molecule has 0 atom stereocenters. The van der Waals surface area contributed by atoms with Crippen LogP contribution in [-0.2, 0) is 0 Å². The van der Waals surface area contributed by atoms with Gasteiger partial charge < -0.3 is 10.5 Å². The fourth-order valence-corrected chi connectivity index (χ4v) is 2.13. The molecule has 2 N–H and O–H groups in total. The van der Waals surface area contributed by atoms with Crippen molar-refractivity contribution in [1.82, 2.24) is 0 Å². The van der Waals surface area contributed by atoms with E-state index in [1.54, 1.807) is 11.3 Å². The zero-order chi connectivity index (χ0) is 11.4. The zero-order valence-corrected chi connectivity index (χ0v) is 10.1. The number of benzene rings is 1. The van der Waals surface area contributed by atoms with Crippen LogP contribution in [0.25, 0.3) is 11.1 Å². The van der Waals surface area contributed by atoms with E-state index in [-0.39, 0.29) is 0 Å². The van der Waals surface area contributed by atoms with Gasteiger partial charge in [0.2, 0.25) is 0 Å². The largest absolute Gasteiger partial charge is 0.494 e. The highest BCUT2D eigenvalue weighted by molar-refractivity contribution is 7.14. The molecular weight excluding hydrogens is 218 g/mol. The van der Waals surface area contributed by atoms with Gasteiger partial charge in [-0.3, -0.25) is 0 Å². The molecule has 0 amide bonds. The third-order valence-corrected chi connectivity index (χ3v) is 3.04. The Labute approximate surface area is 99.7 Å². The lowest BCUT2D eigenvalue weighted by molar-refractivity contribution is 0.317. The van der Waals surface area contributed by atoms with Gasteiger partial charge >= 0.3 is 0 Å². The van der Waals surface area contributed by atoms with E-state index in [0.717, 1.165) is 23.8 Å². The van der Waals surface area contributed by atoms with Crippen molar-refractivity contribution in [3.05, 3.63) is 35.7 Å². The quantitative estimate of drug-likeness (QED) is 0.872. The molecule has 0 saturated carbocycles. The van der Waals surface area contributed by atoms with Gasteiger partial charge in [0.1, 0.15) is 5.75 Å². The predicted octanol–water partition coefficient (Wildman–Crippen LogP) is 3.79. The van der Waals surface area contributed by atoms with Crippen LogP contribution >= 0.6 is 11.3 Å². The summed E-state index contributed by atoms with van der Waals surface area (Å²) in [5.41, 5.74) is 8.05. The number of hydrogen-bond donors (Lipinski definition) is 1. The van der Waals surface area contributed by atoms with Gasteiger partial charge in [-0.15, -0.1) is 11.3 Å². The van der Waals surface area contributed by atoms with E-state index in [1.165, 1.54) is 11.1 Å². The van der Waals surface area contributed by atoms with Gasteiger partial charge in [0, 0.05) is 5.38 Å². The summed E-state index contributed by atoms with van der Waals surface area (Å²) in [6.45, 7) is 2.87. The van der Waals surface area contributed by atoms with E-state index >= 15 is 0 Å². The van der Waals surface area contributed by atoms with Gasteiger partial charge in [-0.1, -0.05) is 19.1 Å². The average Bonchev–Trinajstić information content (AvgIpc) is 2.74. The third-order valence-electron chi connectivity index (χ3n) is 2.28. The zero-order valence-electron chi connectivity index (χ0n) is 9.27. The minimum absolute atomic E-state index is 0.769. The molecule has 0 aliphatic carbocycles. The summed E-state index contributed by atoms with van der Waals surface area (Å²) in [6.07, 6.45) is 1.03. The second-order valence-corrected chi connectivity index (χ2v) is 4.55. The molecule has 1 aromatic heterocycles. The summed E-state index contributed by atoms with van der Waals surface area (Å²) < 4.78 is 5.53. The Bertz CT molecular complexity index is 447. The summed E-state index contributed by atoms with van der Waals surface area (Å²) in [5, 5.41) is 2.92. The van der Waals surface area contributed by atoms with Crippen molar-refractivity contribution in [3.63, 3.8) is 0 Å². The molecule has 16 heavy (non-hydrogen) atoms. The Morgan fingerprint density at radius 2 is 1.94 bits per heavy atom. The molecule has 2 rings (SSSR count). The van der Waals surface area contributed by atoms with Crippen molar-refractivity contribution in [3.8, 4) is 16.9 Å². The second kappa shape index (κ2) is 5.03. The van der Waals surface area contributed by atoms with Crippen molar-refractivity contribution in [2.24, 2.45) is 0 Å². The minimum Gasteiger partial charge on any atom is -0.494 e. The maximum Gasteiger partial charge on any atom is 0.119 e. The molecule has 2 aromatic rings. The van der Waals surface area contributed by atoms with E-state index < -0.39 is 0 Å². The number of anilines is 1. The Hall–Kier alpha value is -1.48. The van der Waals surface area contributed by atoms with Gasteiger partial charge in [0.15, 0.2) is 0 Å². The normalized spacial score (nSPS) is 10.3. The maximum atomic E-state index is 5.71. The topological polar surface area (TPSA) is 35.2 Å². The SMILES string of the molecule is CCCOc1ccc(-c2csc(N)c2)cc1. The molecule has 0 saturated heterocycles. The lowest BCUT2D eigenvalue weighted by atomic mass is 10.1. The lowest BCUT2D eigenvalue weighted by Crippen LogP contribution is -1.94. The van der Waals surface area contributed by atoms with Crippen molar-refractivity contribution < 1.29 is 4.74 Å². The first-order valence-electron chi connectivity index (χ1n) is 5.37. The Morgan fingerprint density at radius 1 is 1.19 bits per heavy atom. The Balaban J connectivity index is 2.13. The molecule has 0 radical (unpaired) electrons. The summed E-state index contributed by atoms with van der Waals surface area (Å²) in [7, 11) is 0. The highest BCUT2D eigenvalue weighted by Crippen LogP contribution is 2.28. The minimum atomic E-state index is 0.769. The van der Waals surface area contributed by atoms with E-state index in [2.05, 4.69) is 24.4 Å². The molecule has 0 unspecified atom stereocenters. The molecule has 0 bridgehead atoms. The van der Waals surface area contributed by atoms with Gasteiger partial charge in [-0.2, -0.15) is 0 Å². The Kier molecular flexibility index (Phi) is 3.47. The fraction of sp³-hybridized carbons (Fsp3) is 0.231. The van der Waals surface area contributed by atoms with Gasteiger partial charge in [-0.05, 0) is 35.7 Å². The molecule has 0 spiro atoms. The lowest BCUT2D eigenvalue weighted by Gasteiger charge is -2.04. The third kappa shape index (κ3) is 2.55. The van der Waals surface area contributed by atoms with Crippen LogP contribution in [0.5, 0.6) is 5.75 Å².